The molecule has 1 rings (SSSR count). The standard InChI is InChI=1S/C8H13NO3/c10-8(11)5-6-1-3-7(9-12)4-2-6/h6,12H,1-5H2,(H,10,11). The van der Waals surface area contributed by atoms with Crippen molar-refractivity contribution in [1.82, 2.24) is 0 Å². The Morgan fingerprint density at radius 1 is 1.50 bits per heavy atom. The number of nitrogens with zero attached hydrogens (tertiary/aromatic N) is 1. The molecular weight excluding hydrogens is 158 g/mol. The van der Waals surface area contributed by atoms with E-state index in [1.807, 2.05) is 0 Å². The van der Waals surface area contributed by atoms with E-state index < -0.39 is 5.97 Å². The lowest BCUT2D eigenvalue weighted by Gasteiger charge is -2.20. The van der Waals surface area contributed by atoms with Crippen LogP contribution in [0.3, 0.4) is 0 Å². The lowest BCUT2D eigenvalue weighted by molar-refractivity contribution is -0.138. The van der Waals surface area contributed by atoms with Gasteiger partial charge in [-0.1, -0.05) is 5.16 Å². The van der Waals surface area contributed by atoms with E-state index in [-0.39, 0.29) is 12.3 Å². The fourth-order valence-corrected chi connectivity index (χ4v) is 1.56. The predicted octanol–water partition coefficient (Wildman–Crippen LogP) is 1.48. The molecule has 0 aromatic heterocycles. The zero-order valence-electron chi connectivity index (χ0n) is 6.86. The summed E-state index contributed by atoms with van der Waals surface area (Å²) in [6.07, 6.45) is 3.42. The van der Waals surface area contributed by atoms with Crippen molar-refractivity contribution in [2.75, 3.05) is 0 Å². The van der Waals surface area contributed by atoms with E-state index in [0.717, 1.165) is 31.4 Å². The SMILES string of the molecule is O=C(O)CC1CCC(=NO)CC1. The molecule has 12 heavy (non-hydrogen) atoms. The number of carbonyl (C=O) groups is 1. The van der Waals surface area contributed by atoms with Crippen LogP contribution in [-0.4, -0.2) is 22.0 Å². The van der Waals surface area contributed by atoms with Gasteiger partial charge >= 0.3 is 5.97 Å². The minimum absolute atomic E-state index is 0.249. The third-order valence-corrected chi connectivity index (χ3v) is 2.29. The maximum Gasteiger partial charge on any atom is 0.303 e. The number of hydrogen-bond acceptors (Lipinski definition) is 3. The van der Waals surface area contributed by atoms with Gasteiger partial charge in [0.05, 0.1) is 5.71 Å². The molecule has 0 aromatic carbocycles. The Labute approximate surface area is 70.9 Å². The highest BCUT2D eigenvalue weighted by molar-refractivity contribution is 5.84. The minimum atomic E-state index is -0.732. The van der Waals surface area contributed by atoms with Crippen molar-refractivity contribution in [1.29, 1.82) is 0 Å². The van der Waals surface area contributed by atoms with E-state index in [1.54, 1.807) is 0 Å². The van der Waals surface area contributed by atoms with Crippen molar-refractivity contribution in [3.63, 3.8) is 0 Å². The second-order valence-electron chi connectivity index (χ2n) is 3.21. The molecule has 0 spiro atoms. The van der Waals surface area contributed by atoms with Crippen molar-refractivity contribution < 1.29 is 15.1 Å². The Bertz CT molecular complexity index is 190. The van der Waals surface area contributed by atoms with Crippen LogP contribution < -0.4 is 0 Å². The molecule has 0 heterocycles. The molecule has 2 N–H and O–H groups in total. The first kappa shape index (κ1) is 9.03. The summed E-state index contributed by atoms with van der Waals surface area (Å²) >= 11 is 0. The van der Waals surface area contributed by atoms with Crippen LogP contribution in [0.5, 0.6) is 0 Å². The largest absolute Gasteiger partial charge is 0.481 e. The van der Waals surface area contributed by atoms with Gasteiger partial charge in [-0.05, 0) is 31.6 Å². The molecule has 0 bridgehead atoms. The summed E-state index contributed by atoms with van der Waals surface area (Å²) in [5.74, 6) is -0.461. The molecule has 1 fully saturated rings. The van der Waals surface area contributed by atoms with Gasteiger partial charge < -0.3 is 10.3 Å². The van der Waals surface area contributed by atoms with Gasteiger partial charge in [-0.15, -0.1) is 0 Å². The summed E-state index contributed by atoms with van der Waals surface area (Å²) < 4.78 is 0. The van der Waals surface area contributed by atoms with E-state index >= 15 is 0 Å². The van der Waals surface area contributed by atoms with Crippen LogP contribution in [0, 0.1) is 5.92 Å². The first-order valence-corrected chi connectivity index (χ1v) is 4.14. The summed E-state index contributed by atoms with van der Waals surface area (Å²) in [6, 6.07) is 0. The number of carboxylic acid groups (broad SMARTS) is 1. The van der Waals surface area contributed by atoms with Crippen LogP contribution in [0.4, 0.5) is 0 Å². The molecule has 4 heteroatoms. The maximum absolute atomic E-state index is 10.3. The van der Waals surface area contributed by atoms with Gasteiger partial charge in [0.15, 0.2) is 0 Å². The maximum atomic E-state index is 10.3. The summed E-state index contributed by atoms with van der Waals surface area (Å²) in [4.78, 5) is 10.3. The topological polar surface area (TPSA) is 69.9 Å². The van der Waals surface area contributed by atoms with Crippen molar-refractivity contribution >= 4 is 11.7 Å². The summed E-state index contributed by atoms with van der Waals surface area (Å²) in [5.41, 5.74) is 0.802. The van der Waals surface area contributed by atoms with E-state index in [0.29, 0.717) is 0 Å². The number of aliphatic carboxylic acids is 1. The van der Waals surface area contributed by atoms with E-state index in [2.05, 4.69) is 5.16 Å². The fraction of sp³-hybridized carbons (Fsp3) is 0.750. The molecule has 1 aliphatic carbocycles. The molecule has 0 saturated heterocycles. The van der Waals surface area contributed by atoms with Gasteiger partial charge in [0.25, 0.3) is 0 Å². The Hall–Kier alpha value is -1.06. The van der Waals surface area contributed by atoms with Crippen molar-refractivity contribution in [2.24, 2.45) is 11.1 Å². The molecule has 0 aliphatic heterocycles. The molecule has 0 unspecified atom stereocenters. The lowest BCUT2D eigenvalue weighted by atomic mass is 9.86. The van der Waals surface area contributed by atoms with Crippen LogP contribution in [0.2, 0.25) is 0 Å². The first-order chi connectivity index (χ1) is 5.72. The Balaban J connectivity index is 2.31. The summed E-state index contributed by atoms with van der Waals surface area (Å²) in [7, 11) is 0. The monoisotopic (exact) mass is 171 g/mol. The third-order valence-electron chi connectivity index (χ3n) is 2.29. The molecular formula is C8H13NO3. The molecule has 1 aliphatic rings. The quantitative estimate of drug-likeness (QED) is 0.488. The number of hydrogen-bond donors (Lipinski definition) is 2. The highest BCUT2D eigenvalue weighted by Crippen LogP contribution is 2.24. The normalized spacial score (nSPS) is 23.7. The Morgan fingerprint density at radius 3 is 2.50 bits per heavy atom. The van der Waals surface area contributed by atoms with Crippen LogP contribution >= 0.6 is 0 Å². The zero-order chi connectivity index (χ0) is 8.97. The number of rotatable bonds is 2. The van der Waals surface area contributed by atoms with E-state index in [1.165, 1.54) is 0 Å². The molecule has 0 amide bonds. The van der Waals surface area contributed by atoms with Crippen molar-refractivity contribution in [3.8, 4) is 0 Å². The highest BCUT2D eigenvalue weighted by Gasteiger charge is 2.19. The smallest absolute Gasteiger partial charge is 0.303 e. The van der Waals surface area contributed by atoms with Gasteiger partial charge in [0, 0.05) is 6.42 Å². The second kappa shape index (κ2) is 4.09. The van der Waals surface area contributed by atoms with Crippen molar-refractivity contribution in [2.45, 2.75) is 32.1 Å². The lowest BCUT2D eigenvalue weighted by Crippen LogP contribution is -2.16. The van der Waals surface area contributed by atoms with Crippen LogP contribution in [-0.2, 0) is 4.79 Å². The van der Waals surface area contributed by atoms with Gasteiger partial charge in [0.1, 0.15) is 0 Å². The average molecular weight is 171 g/mol. The molecule has 0 atom stereocenters. The molecule has 1 saturated carbocycles. The van der Waals surface area contributed by atoms with Gasteiger partial charge in [0.2, 0.25) is 0 Å². The predicted molar refractivity (Wildman–Crippen MR) is 43.4 cm³/mol. The summed E-state index contributed by atoms with van der Waals surface area (Å²) in [5, 5.41) is 20.1. The minimum Gasteiger partial charge on any atom is -0.481 e. The first-order valence-electron chi connectivity index (χ1n) is 4.14. The van der Waals surface area contributed by atoms with Gasteiger partial charge in [-0.25, -0.2) is 0 Å². The highest BCUT2D eigenvalue weighted by atomic mass is 16.4. The van der Waals surface area contributed by atoms with Crippen LogP contribution in [0.25, 0.3) is 0 Å². The molecule has 4 nitrogen and oxygen atoms in total. The Morgan fingerprint density at radius 2 is 2.08 bits per heavy atom. The average Bonchev–Trinajstić information content (AvgIpc) is 2.05. The number of oxime groups is 1. The van der Waals surface area contributed by atoms with E-state index in [9.17, 15) is 4.79 Å². The van der Waals surface area contributed by atoms with Crippen LogP contribution in [0.15, 0.2) is 5.16 Å². The molecule has 0 radical (unpaired) electrons. The van der Waals surface area contributed by atoms with Gasteiger partial charge in [-0.2, -0.15) is 0 Å². The van der Waals surface area contributed by atoms with Crippen molar-refractivity contribution in [3.05, 3.63) is 0 Å². The molecule has 0 aromatic rings. The second-order valence-corrected chi connectivity index (χ2v) is 3.21. The fourth-order valence-electron chi connectivity index (χ4n) is 1.56. The van der Waals surface area contributed by atoms with E-state index in [4.69, 9.17) is 10.3 Å². The summed E-state index contributed by atoms with van der Waals surface area (Å²) in [6.45, 7) is 0. The van der Waals surface area contributed by atoms with Gasteiger partial charge in [-0.3, -0.25) is 4.79 Å². The third kappa shape index (κ3) is 2.53. The Kier molecular flexibility index (Phi) is 3.08. The molecule has 68 valence electrons. The zero-order valence-corrected chi connectivity index (χ0v) is 6.86. The van der Waals surface area contributed by atoms with Crippen LogP contribution in [0.1, 0.15) is 32.1 Å². The number of carboxylic acids is 1.